The van der Waals surface area contributed by atoms with Crippen molar-refractivity contribution >= 4 is 28.7 Å². The van der Waals surface area contributed by atoms with Crippen molar-refractivity contribution in [2.45, 2.75) is 31.9 Å². The number of amides is 1. The summed E-state index contributed by atoms with van der Waals surface area (Å²) in [6.07, 6.45) is 2.08. The van der Waals surface area contributed by atoms with Crippen molar-refractivity contribution in [1.82, 2.24) is 19.1 Å². The van der Waals surface area contributed by atoms with Gasteiger partial charge in [-0.2, -0.15) is 4.98 Å². The van der Waals surface area contributed by atoms with Crippen LogP contribution in [0.5, 0.6) is 0 Å². The number of anilines is 2. The van der Waals surface area contributed by atoms with Crippen LogP contribution in [0.2, 0.25) is 0 Å². The van der Waals surface area contributed by atoms with E-state index in [1.807, 2.05) is 0 Å². The molecule has 146 valence electrons. The number of carbonyl (C=O) groups excluding carboxylic acids is 1. The molecule has 0 saturated heterocycles. The number of aryl methyl sites for hydroxylation is 2. The second kappa shape index (κ2) is 6.41. The molecule has 1 aliphatic carbocycles. The molecule has 0 spiro atoms. The highest BCUT2D eigenvalue weighted by Gasteiger charge is 2.32. The molecule has 1 fully saturated rings. The first-order valence-corrected chi connectivity index (χ1v) is 8.75. The van der Waals surface area contributed by atoms with Gasteiger partial charge in [0, 0.05) is 18.8 Å². The summed E-state index contributed by atoms with van der Waals surface area (Å²) in [4.78, 5) is 32.5. The molecule has 9 nitrogen and oxygen atoms in total. The molecule has 3 aromatic rings. The van der Waals surface area contributed by atoms with Gasteiger partial charge in [0.05, 0.1) is 17.9 Å². The number of aromatic nitrogens is 4. The Morgan fingerprint density at radius 3 is 2.75 bits per heavy atom. The summed E-state index contributed by atoms with van der Waals surface area (Å²) < 4.78 is 17.1. The zero-order valence-electron chi connectivity index (χ0n) is 15.3. The van der Waals surface area contributed by atoms with Crippen molar-refractivity contribution < 1.29 is 14.3 Å². The number of carbonyl (C=O) groups is 1. The van der Waals surface area contributed by atoms with Crippen LogP contribution in [-0.4, -0.2) is 36.2 Å². The lowest BCUT2D eigenvalue weighted by atomic mass is 9.89. The third kappa shape index (κ3) is 2.82. The number of aliphatic hydroxyl groups is 1. The number of nitrogens with two attached hydrogens (primary N) is 1. The van der Waals surface area contributed by atoms with E-state index >= 15 is 0 Å². The van der Waals surface area contributed by atoms with E-state index < -0.39 is 17.8 Å². The molecule has 28 heavy (non-hydrogen) atoms. The number of nitrogens with one attached hydrogen (secondary N) is 1. The summed E-state index contributed by atoms with van der Waals surface area (Å²) in [6.45, 7) is 1.70. The molecule has 0 bridgehead atoms. The predicted molar refractivity (Wildman–Crippen MR) is 100.0 cm³/mol. The Morgan fingerprint density at radius 2 is 2.11 bits per heavy atom. The number of fused-ring (bicyclic) bond motifs is 1. The first-order chi connectivity index (χ1) is 13.3. The van der Waals surface area contributed by atoms with E-state index in [-0.39, 0.29) is 23.2 Å². The molecule has 1 amide bonds. The lowest BCUT2D eigenvalue weighted by molar-refractivity contribution is 0.0484. The molecule has 1 aromatic carbocycles. The first kappa shape index (κ1) is 18.1. The van der Waals surface area contributed by atoms with Crippen LogP contribution in [0.1, 0.15) is 34.8 Å². The van der Waals surface area contributed by atoms with Crippen molar-refractivity contribution in [3.63, 3.8) is 0 Å². The van der Waals surface area contributed by atoms with E-state index in [4.69, 9.17) is 5.73 Å². The Labute approximate surface area is 158 Å². The smallest absolute Gasteiger partial charge is 0.330 e. The van der Waals surface area contributed by atoms with Gasteiger partial charge >= 0.3 is 5.69 Å². The Bertz CT molecular complexity index is 1160. The number of nitrogens with zero attached hydrogens (tertiary/aromatic N) is 4. The lowest BCUT2D eigenvalue weighted by Gasteiger charge is -2.31. The number of hydrogen-bond donors (Lipinski definition) is 3. The molecule has 2 heterocycles. The van der Waals surface area contributed by atoms with E-state index in [9.17, 15) is 19.1 Å². The van der Waals surface area contributed by atoms with Gasteiger partial charge in [0.15, 0.2) is 5.65 Å². The van der Waals surface area contributed by atoms with E-state index in [1.165, 1.54) is 16.8 Å². The monoisotopic (exact) mass is 386 g/mol. The number of rotatable bonds is 4. The second-order valence-electron chi connectivity index (χ2n) is 7.03. The first-order valence-electron chi connectivity index (χ1n) is 8.75. The molecule has 4 rings (SSSR count). The second-order valence-corrected chi connectivity index (χ2v) is 7.03. The maximum absolute atomic E-state index is 14.1. The van der Waals surface area contributed by atoms with Crippen molar-refractivity contribution in [1.29, 1.82) is 0 Å². The molecule has 4 N–H and O–H groups in total. The zero-order chi connectivity index (χ0) is 20.2. The zero-order valence-corrected chi connectivity index (χ0v) is 15.3. The van der Waals surface area contributed by atoms with E-state index in [0.29, 0.717) is 35.3 Å². The van der Waals surface area contributed by atoms with Crippen LogP contribution in [0.25, 0.3) is 11.2 Å². The summed E-state index contributed by atoms with van der Waals surface area (Å²) in [5.41, 5.74) is 6.70. The number of imidazole rings is 1. The number of halogens is 1. The quantitative estimate of drug-likeness (QED) is 0.616. The molecule has 0 atom stereocenters. The average Bonchev–Trinajstić information content (AvgIpc) is 2.85. The standard InChI is InChI=1S/C18H19FN6O3/c1-8-3-11(15(20)27)12(19)6-13(8)22-17-21-7-14-16(23-17)25(18(28)24(14)2)9-4-10(26)5-9/h3,6-7,9-10,26H,4-5H2,1-2H3,(H2,20,27)(H,21,22,23)/t9-,10-. The van der Waals surface area contributed by atoms with Crippen LogP contribution < -0.4 is 16.7 Å². The highest BCUT2D eigenvalue weighted by molar-refractivity contribution is 5.94. The van der Waals surface area contributed by atoms with Gasteiger partial charge < -0.3 is 16.2 Å². The van der Waals surface area contributed by atoms with Crippen LogP contribution in [-0.2, 0) is 7.05 Å². The molecular weight excluding hydrogens is 367 g/mol. The van der Waals surface area contributed by atoms with Gasteiger partial charge in [0.2, 0.25) is 5.95 Å². The highest BCUT2D eigenvalue weighted by atomic mass is 19.1. The van der Waals surface area contributed by atoms with Gasteiger partial charge in [-0.05, 0) is 37.5 Å². The fourth-order valence-electron chi connectivity index (χ4n) is 3.42. The van der Waals surface area contributed by atoms with Gasteiger partial charge in [0.25, 0.3) is 5.91 Å². The van der Waals surface area contributed by atoms with Gasteiger partial charge in [-0.1, -0.05) is 0 Å². The largest absolute Gasteiger partial charge is 0.393 e. The fourth-order valence-corrected chi connectivity index (χ4v) is 3.42. The van der Waals surface area contributed by atoms with Crippen molar-refractivity contribution in [2.75, 3.05) is 5.32 Å². The molecule has 0 unspecified atom stereocenters. The Morgan fingerprint density at radius 1 is 1.39 bits per heavy atom. The Balaban J connectivity index is 1.75. The van der Waals surface area contributed by atoms with Crippen LogP contribution in [0.3, 0.4) is 0 Å². The van der Waals surface area contributed by atoms with Gasteiger partial charge in [-0.25, -0.2) is 14.2 Å². The van der Waals surface area contributed by atoms with Crippen LogP contribution in [0.15, 0.2) is 23.1 Å². The maximum atomic E-state index is 14.1. The summed E-state index contributed by atoms with van der Waals surface area (Å²) >= 11 is 0. The SMILES string of the molecule is Cc1cc(C(N)=O)c(F)cc1Nc1ncc2c(n1)n([C@H]1C[C@H](O)C1)c(=O)n2C. The number of aliphatic hydroxyl groups excluding tert-OH is 1. The molecule has 1 saturated carbocycles. The minimum atomic E-state index is -0.846. The Kier molecular flexibility index (Phi) is 4.15. The molecule has 0 aliphatic heterocycles. The van der Waals surface area contributed by atoms with Crippen LogP contribution >= 0.6 is 0 Å². The molecule has 1 aliphatic rings. The van der Waals surface area contributed by atoms with Crippen LogP contribution in [0, 0.1) is 12.7 Å². The van der Waals surface area contributed by atoms with Crippen molar-refractivity contribution in [3.8, 4) is 0 Å². The molecular formula is C18H19FN6O3. The fraction of sp³-hybridized carbons (Fsp3) is 0.333. The topological polar surface area (TPSA) is 128 Å². The number of hydrogen-bond acceptors (Lipinski definition) is 6. The van der Waals surface area contributed by atoms with Crippen LogP contribution in [0.4, 0.5) is 16.0 Å². The minimum Gasteiger partial charge on any atom is -0.393 e. The van der Waals surface area contributed by atoms with E-state index in [0.717, 1.165) is 6.07 Å². The molecule has 10 heteroatoms. The number of primary amides is 1. The normalized spacial score (nSPS) is 18.9. The molecule has 0 radical (unpaired) electrons. The van der Waals surface area contributed by atoms with E-state index in [2.05, 4.69) is 15.3 Å². The third-order valence-electron chi connectivity index (χ3n) is 5.11. The minimum absolute atomic E-state index is 0.122. The highest BCUT2D eigenvalue weighted by Crippen LogP contribution is 2.33. The van der Waals surface area contributed by atoms with Gasteiger partial charge in [0.1, 0.15) is 11.3 Å². The van der Waals surface area contributed by atoms with Crippen molar-refractivity contribution in [3.05, 3.63) is 45.8 Å². The predicted octanol–water partition coefficient (Wildman–Crippen LogP) is 1.12. The summed E-state index contributed by atoms with van der Waals surface area (Å²) in [5.74, 6) is -1.41. The third-order valence-corrected chi connectivity index (χ3v) is 5.11. The number of benzene rings is 1. The summed E-state index contributed by atoms with van der Waals surface area (Å²) in [6, 6.07) is 2.39. The van der Waals surface area contributed by atoms with Gasteiger partial charge in [-0.3, -0.25) is 13.9 Å². The van der Waals surface area contributed by atoms with Crippen molar-refractivity contribution in [2.24, 2.45) is 12.8 Å². The molecule has 2 aromatic heterocycles. The Hall–Kier alpha value is -3.27. The lowest BCUT2D eigenvalue weighted by Crippen LogP contribution is -2.37. The van der Waals surface area contributed by atoms with E-state index in [1.54, 1.807) is 18.5 Å². The summed E-state index contributed by atoms with van der Waals surface area (Å²) in [7, 11) is 1.63. The summed E-state index contributed by atoms with van der Waals surface area (Å²) in [5, 5.41) is 12.5. The van der Waals surface area contributed by atoms with Gasteiger partial charge in [-0.15, -0.1) is 0 Å². The maximum Gasteiger partial charge on any atom is 0.330 e. The average molecular weight is 386 g/mol.